The summed E-state index contributed by atoms with van der Waals surface area (Å²) in [7, 11) is 2.99. The summed E-state index contributed by atoms with van der Waals surface area (Å²) in [6, 6.07) is 5.12. The maximum Gasteiger partial charge on any atom is 0.241 e. The highest BCUT2D eigenvalue weighted by Crippen LogP contribution is 2.25. The molecule has 0 fully saturated rings. The minimum Gasteiger partial charge on any atom is -0.496 e. The van der Waals surface area contributed by atoms with Crippen LogP contribution in [-0.4, -0.2) is 20.5 Å². The molecule has 3 heteroatoms. The number of hydrogen-bond acceptors (Lipinski definition) is 3. The van der Waals surface area contributed by atoms with Crippen LogP contribution in [0.5, 0.6) is 11.5 Å². The molecular weight excluding hydrogens is 156 g/mol. The van der Waals surface area contributed by atoms with Gasteiger partial charge in [0.25, 0.3) is 0 Å². The molecule has 1 aromatic carbocycles. The van der Waals surface area contributed by atoms with Crippen LogP contribution in [-0.2, 0) is 4.79 Å². The lowest BCUT2D eigenvalue weighted by Crippen LogP contribution is -1.94. The van der Waals surface area contributed by atoms with Crippen molar-refractivity contribution >= 4 is 6.29 Å². The predicted octanol–water partition coefficient (Wildman–Crippen LogP) is 1.16. The van der Waals surface area contributed by atoms with Gasteiger partial charge >= 0.3 is 0 Å². The van der Waals surface area contributed by atoms with Crippen LogP contribution in [0.3, 0.4) is 0 Å². The quantitative estimate of drug-likeness (QED) is 0.674. The summed E-state index contributed by atoms with van der Waals surface area (Å²) in [5.41, 5.74) is 0.322. The van der Waals surface area contributed by atoms with E-state index in [0.717, 1.165) is 0 Å². The maximum absolute atomic E-state index is 10.5. The molecule has 0 spiro atoms. The number of ether oxygens (including phenoxy) is 2. The number of hydrogen-bond donors (Lipinski definition) is 0. The van der Waals surface area contributed by atoms with Crippen molar-refractivity contribution in [1.29, 1.82) is 0 Å². The Kier molecular flexibility index (Phi) is 2.69. The summed E-state index contributed by atoms with van der Waals surface area (Å²) in [5, 5.41) is 0. The molecule has 0 amide bonds. The van der Waals surface area contributed by atoms with Gasteiger partial charge in [0.1, 0.15) is 17.1 Å². The summed E-state index contributed by atoms with van der Waals surface area (Å²) < 4.78 is 9.87. The normalized spacial score (nSPS) is 9.17. The minimum atomic E-state index is 0.322. The molecule has 3 nitrogen and oxygen atoms in total. The SMILES string of the molecule is COc1cccc(OC)c1[C]=O. The number of methoxy groups -OCH3 is 2. The molecule has 0 unspecified atom stereocenters. The predicted molar refractivity (Wildman–Crippen MR) is 44.3 cm³/mol. The number of rotatable bonds is 3. The van der Waals surface area contributed by atoms with Gasteiger partial charge in [0, 0.05) is 0 Å². The van der Waals surface area contributed by atoms with E-state index < -0.39 is 0 Å². The van der Waals surface area contributed by atoms with Crippen molar-refractivity contribution in [2.24, 2.45) is 0 Å². The van der Waals surface area contributed by atoms with Gasteiger partial charge in [-0.1, -0.05) is 6.07 Å². The Morgan fingerprint density at radius 3 is 2.00 bits per heavy atom. The van der Waals surface area contributed by atoms with E-state index in [-0.39, 0.29) is 0 Å². The molecule has 1 radical (unpaired) electrons. The van der Waals surface area contributed by atoms with E-state index in [0.29, 0.717) is 17.1 Å². The molecule has 1 rings (SSSR count). The maximum atomic E-state index is 10.5. The number of benzene rings is 1. The largest absolute Gasteiger partial charge is 0.496 e. The standard InChI is InChI=1S/C9H9O3/c1-11-8-4-3-5-9(12-2)7(8)6-10/h3-5H,1-2H3. The van der Waals surface area contributed by atoms with E-state index >= 15 is 0 Å². The van der Waals surface area contributed by atoms with Crippen LogP contribution in [0.2, 0.25) is 0 Å². The first-order valence-corrected chi connectivity index (χ1v) is 3.42. The number of carbonyl (C=O) groups excluding carboxylic acids is 1. The monoisotopic (exact) mass is 165 g/mol. The summed E-state index contributed by atoms with van der Waals surface area (Å²) in [6.45, 7) is 0. The lowest BCUT2D eigenvalue weighted by Gasteiger charge is -2.06. The molecule has 0 atom stereocenters. The molecule has 0 N–H and O–H groups in total. The van der Waals surface area contributed by atoms with Gasteiger partial charge in [0.15, 0.2) is 0 Å². The Labute approximate surface area is 70.9 Å². The second kappa shape index (κ2) is 3.76. The lowest BCUT2D eigenvalue weighted by atomic mass is 10.2. The minimum absolute atomic E-state index is 0.322. The van der Waals surface area contributed by atoms with Gasteiger partial charge in [-0.3, -0.25) is 4.79 Å². The Hall–Kier alpha value is -1.51. The van der Waals surface area contributed by atoms with Crippen molar-refractivity contribution < 1.29 is 14.3 Å². The van der Waals surface area contributed by atoms with Crippen molar-refractivity contribution in [3.8, 4) is 11.5 Å². The third-order valence-electron chi connectivity index (χ3n) is 1.53. The Balaban J connectivity index is 3.21. The first-order chi connectivity index (χ1) is 5.83. The third kappa shape index (κ3) is 1.39. The molecule has 0 aromatic heterocycles. The van der Waals surface area contributed by atoms with Crippen LogP contribution >= 0.6 is 0 Å². The second-order valence-electron chi connectivity index (χ2n) is 2.14. The van der Waals surface area contributed by atoms with E-state index in [1.54, 1.807) is 24.5 Å². The fourth-order valence-electron chi connectivity index (χ4n) is 0.952. The molecule has 0 aliphatic carbocycles. The van der Waals surface area contributed by atoms with Gasteiger partial charge < -0.3 is 9.47 Å². The zero-order chi connectivity index (χ0) is 8.97. The molecule has 63 valence electrons. The Morgan fingerprint density at radius 1 is 1.17 bits per heavy atom. The highest BCUT2D eigenvalue weighted by molar-refractivity contribution is 5.84. The van der Waals surface area contributed by atoms with Crippen molar-refractivity contribution in [2.75, 3.05) is 14.2 Å². The fraction of sp³-hybridized carbons (Fsp3) is 0.222. The molecule has 0 heterocycles. The van der Waals surface area contributed by atoms with Gasteiger partial charge in [-0.05, 0) is 12.1 Å². The topological polar surface area (TPSA) is 35.5 Å². The van der Waals surface area contributed by atoms with E-state index in [1.807, 2.05) is 0 Å². The molecule has 12 heavy (non-hydrogen) atoms. The van der Waals surface area contributed by atoms with Crippen LogP contribution in [0.25, 0.3) is 0 Å². The summed E-state index contributed by atoms with van der Waals surface area (Å²) in [6.07, 6.45) is 1.77. The van der Waals surface area contributed by atoms with E-state index in [4.69, 9.17) is 9.47 Å². The van der Waals surface area contributed by atoms with Crippen LogP contribution in [0, 0.1) is 0 Å². The van der Waals surface area contributed by atoms with E-state index in [9.17, 15) is 4.79 Å². The van der Waals surface area contributed by atoms with Crippen molar-refractivity contribution in [2.45, 2.75) is 0 Å². The second-order valence-corrected chi connectivity index (χ2v) is 2.14. The first kappa shape index (κ1) is 8.59. The summed E-state index contributed by atoms with van der Waals surface area (Å²) in [4.78, 5) is 10.5. The van der Waals surface area contributed by atoms with Gasteiger partial charge in [-0.15, -0.1) is 0 Å². The van der Waals surface area contributed by atoms with Crippen LogP contribution in [0.15, 0.2) is 18.2 Å². The van der Waals surface area contributed by atoms with Gasteiger partial charge in [-0.25, -0.2) is 0 Å². The average molecular weight is 165 g/mol. The highest BCUT2D eigenvalue weighted by Gasteiger charge is 2.08. The van der Waals surface area contributed by atoms with Crippen molar-refractivity contribution in [3.05, 3.63) is 23.8 Å². The fourth-order valence-corrected chi connectivity index (χ4v) is 0.952. The molecule has 0 bridgehead atoms. The van der Waals surface area contributed by atoms with Crippen molar-refractivity contribution in [3.63, 3.8) is 0 Å². The van der Waals surface area contributed by atoms with Crippen LogP contribution < -0.4 is 9.47 Å². The zero-order valence-electron chi connectivity index (χ0n) is 6.96. The molecule has 0 saturated carbocycles. The zero-order valence-corrected chi connectivity index (χ0v) is 6.96. The first-order valence-electron chi connectivity index (χ1n) is 3.42. The highest BCUT2D eigenvalue weighted by atomic mass is 16.5. The van der Waals surface area contributed by atoms with Crippen molar-refractivity contribution in [1.82, 2.24) is 0 Å². The molecule has 1 aromatic rings. The van der Waals surface area contributed by atoms with Gasteiger partial charge in [-0.2, -0.15) is 0 Å². The Bertz CT molecular complexity index is 259. The summed E-state index contributed by atoms with van der Waals surface area (Å²) >= 11 is 0. The van der Waals surface area contributed by atoms with Gasteiger partial charge in [0.2, 0.25) is 6.29 Å². The summed E-state index contributed by atoms with van der Waals surface area (Å²) in [5.74, 6) is 0.953. The van der Waals surface area contributed by atoms with E-state index in [2.05, 4.69) is 0 Å². The average Bonchev–Trinajstić information content (AvgIpc) is 2.16. The Morgan fingerprint density at radius 2 is 1.67 bits per heavy atom. The van der Waals surface area contributed by atoms with E-state index in [1.165, 1.54) is 14.2 Å². The third-order valence-corrected chi connectivity index (χ3v) is 1.53. The van der Waals surface area contributed by atoms with Crippen LogP contribution in [0.4, 0.5) is 0 Å². The smallest absolute Gasteiger partial charge is 0.241 e. The van der Waals surface area contributed by atoms with Gasteiger partial charge in [0.05, 0.1) is 14.2 Å². The molecule has 0 saturated heterocycles. The molecule has 0 aliphatic heterocycles. The molecular formula is C9H9O3. The molecule has 0 aliphatic rings. The van der Waals surface area contributed by atoms with Crippen LogP contribution in [0.1, 0.15) is 5.56 Å². The lowest BCUT2D eigenvalue weighted by molar-refractivity contribution is 0.391.